The Morgan fingerprint density at radius 3 is 2.41 bits per heavy atom. The van der Waals surface area contributed by atoms with Gasteiger partial charge in [-0.15, -0.1) is 11.3 Å². The highest BCUT2D eigenvalue weighted by atomic mass is 32.1. The Kier molecular flexibility index (Phi) is 5.61. The van der Waals surface area contributed by atoms with Crippen molar-refractivity contribution < 1.29 is 14.3 Å². The van der Waals surface area contributed by atoms with Crippen molar-refractivity contribution in [3.05, 3.63) is 70.5 Å². The largest absolute Gasteiger partial charge is 0.456 e. The number of anilines is 2. The molecule has 7 heteroatoms. The highest BCUT2D eigenvalue weighted by Crippen LogP contribution is 2.33. The summed E-state index contributed by atoms with van der Waals surface area (Å²) < 4.78 is 5.29. The monoisotopic (exact) mass is 381 g/mol. The van der Waals surface area contributed by atoms with Gasteiger partial charge >= 0.3 is 5.97 Å². The highest BCUT2D eigenvalue weighted by Gasteiger charge is 2.21. The van der Waals surface area contributed by atoms with Crippen LogP contribution in [0.2, 0.25) is 0 Å². The van der Waals surface area contributed by atoms with Crippen molar-refractivity contribution in [3.8, 4) is 0 Å². The number of para-hydroxylation sites is 1. The van der Waals surface area contributed by atoms with Crippen molar-refractivity contribution in [1.82, 2.24) is 9.97 Å². The molecule has 0 saturated carbocycles. The topological polar surface area (TPSA) is 72.4 Å². The molecule has 0 atom stereocenters. The van der Waals surface area contributed by atoms with Crippen LogP contribution >= 0.6 is 11.3 Å². The van der Waals surface area contributed by atoms with Gasteiger partial charge in [-0.3, -0.25) is 14.7 Å². The smallest absolute Gasteiger partial charge is 0.338 e. The SMILES string of the molecule is CC(=O)N(c1nc(COC(=O)c2ccncc2)cs1)c1c(C)cccc1C. The van der Waals surface area contributed by atoms with E-state index in [1.807, 2.05) is 32.0 Å². The molecule has 0 aliphatic rings. The molecule has 0 fully saturated rings. The number of pyridine rings is 1. The van der Waals surface area contributed by atoms with E-state index in [1.54, 1.807) is 22.4 Å². The third kappa shape index (κ3) is 4.20. The van der Waals surface area contributed by atoms with Crippen LogP contribution in [0.5, 0.6) is 0 Å². The first kappa shape index (κ1) is 18.7. The molecule has 1 amide bonds. The van der Waals surface area contributed by atoms with Crippen LogP contribution in [0.4, 0.5) is 10.8 Å². The van der Waals surface area contributed by atoms with Crippen molar-refractivity contribution >= 4 is 34.0 Å². The van der Waals surface area contributed by atoms with Gasteiger partial charge in [0.1, 0.15) is 6.61 Å². The molecule has 2 aromatic heterocycles. The zero-order valence-corrected chi connectivity index (χ0v) is 16.1. The Balaban J connectivity index is 1.79. The van der Waals surface area contributed by atoms with E-state index in [9.17, 15) is 9.59 Å². The van der Waals surface area contributed by atoms with E-state index in [-0.39, 0.29) is 12.5 Å². The number of aryl methyl sites for hydroxylation is 2. The van der Waals surface area contributed by atoms with Crippen LogP contribution in [0.1, 0.15) is 34.1 Å². The van der Waals surface area contributed by atoms with Gasteiger partial charge in [0.15, 0.2) is 5.13 Å². The highest BCUT2D eigenvalue weighted by molar-refractivity contribution is 7.14. The zero-order chi connectivity index (χ0) is 19.4. The van der Waals surface area contributed by atoms with Crippen LogP contribution in [0.25, 0.3) is 0 Å². The minimum absolute atomic E-state index is 0.0379. The number of hydrogen-bond acceptors (Lipinski definition) is 6. The lowest BCUT2D eigenvalue weighted by Gasteiger charge is -2.22. The zero-order valence-electron chi connectivity index (χ0n) is 15.3. The predicted octanol–water partition coefficient (Wildman–Crippen LogP) is 4.20. The molecule has 27 heavy (non-hydrogen) atoms. The quantitative estimate of drug-likeness (QED) is 0.620. The molecule has 138 valence electrons. The molecular weight excluding hydrogens is 362 g/mol. The fourth-order valence-corrected chi connectivity index (χ4v) is 3.58. The number of nitrogens with zero attached hydrogens (tertiary/aromatic N) is 3. The molecule has 6 nitrogen and oxygen atoms in total. The molecule has 3 aromatic rings. The van der Waals surface area contributed by atoms with Gasteiger partial charge in [0.25, 0.3) is 0 Å². The summed E-state index contributed by atoms with van der Waals surface area (Å²) in [6.07, 6.45) is 3.07. The van der Waals surface area contributed by atoms with Crippen molar-refractivity contribution in [3.63, 3.8) is 0 Å². The number of carbonyl (C=O) groups excluding carboxylic acids is 2. The standard InChI is InChI=1S/C20H19N3O3S/c1-13-5-4-6-14(2)18(13)23(15(3)24)20-22-17(12-27-20)11-26-19(25)16-7-9-21-10-8-16/h4-10,12H,11H2,1-3H3. The van der Waals surface area contributed by atoms with Gasteiger partial charge < -0.3 is 4.74 Å². The molecule has 0 aliphatic heterocycles. The molecule has 0 spiro atoms. The average molecular weight is 381 g/mol. The number of amides is 1. The predicted molar refractivity (Wildman–Crippen MR) is 104 cm³/mol. The van der Waals surface area contributed by atoms with E-state index >= 15 is 0 Å². The van der Waals surface area contributed by atoms with Crippen molar-refractivity contribution in [2.75, 3.05) is 4.90 Å². The number of ether oxygens (including phenoxy) is 1. The molecule has 0 radical (unpaired) electrons. The van der Waals surface area contributed by atoms with E-state index in [1.165, 1.54) is 30.7 Å². The van der Waals surface area contributed by atoms with Crippen molar-refractivity contribution in [1.29, 1.82) is 0 Å². The number of thiazole rings is 1. The first-order valence-corrected chi connectivity index (χ1v) is 9.24. The van der Waals surface area contributed by atoms with E-state index in [4.69, 9.17) is 4.74 Å². The summed E-state index contributed by atoms with van der Waals surface area (Å²) in [5, 5.41) is 2.34. The average Bonchev–Trinajstić information content (AvgIpc) is 3.11. The molecule has 2 heterocycles. The second kappa shape index (κ2) is 8.09. The summed E-state index contributed by atoms with van der Waals surface area (Å²) in [6, 6.07) is 9.06. The number of esters is 1. The van der Waals surface area contributed by atoms with E-state index in [0.29, 0.717) is 16.4 Å². The lowest BCUT2D eigenvalue weighted by molar-refractivity contribution is -0.115. The van der Waals surface area contributed by atoms with Gasteiger partial charge in [0.05, 0.1) is 16.9 Å². The Morgan fingerprint density at radius 1 is 1.11 bits per heavy atom. The normalized spacial score (nSPS) is 10.5. The van der Waals surface area contributed by atoms with Gasteiger partial charge in [-0.05, 0) is 37.1 Å². The lowest BCUT2D eigenvalue weighted by atomic mass is 10.1. The third-order valence-electron chi connectivity index (χ3n) is 3.98. The van der Waals surface area contributed by atoms with Crippen LogP contribution in [-0.4, -0.2) is 21.8 Å². The fraction of sp³-hybridized carbons (Fsp3) is 0.200. The van der Waals surface area contributed by atoms with Gasteiger partial charge in [-0.2, -0.15) is 0 Å². The van der Waals surface area contributed by atoms with Crippen molar-refractivity contribution in [2.45, 2.75) is 27.4 Å². The molecule has 0 bridgehead atoms. The van der Waals surface area contributed by atoms with Gasteiger partial charge in [-0.1, -0.05) is 18.2 Å². The maximum atomic E-state index is 12.3. The summed E-state index contributed by atoms with van der Waals surface area (Å²) in [6.45, 7) is 5.47. The molecule has 0 saturated heterocycles. The molecular formula is C20H19N3O3S. The number of aromatic nitrogens is 2. The van der Waals surface area contributed by atoms with E-state index in [2.05, 4.69) is 9.97 Å². The summed E-state index contributed by atoms with van der Waals surface area (Å²) in [5.74, 6) is -0.563. The van der Waals surface area contributed by atoms with Crippen LogP contribution in [-0.2, 0) is 16.1 Å². The second-order valence-electron chi connectivity index (χ2n) is 6.03. The molecule has 0 unspecified atom stereocenters. The summed E-state index contributed by atoms with van der Waals surface area (Å²) >= 11 is 1.34. The lowest BCUT2D eigenvalue weighted by Crippen LogP contribution is -2.24. The maximum absolute atomic E-state index is 12.3. The number of carbonyl (C=O) groups is 2. The first-order valence-electron chi connectivity index (χ1n) is 8.36. The molecule has 0 N–H and O–H groups in total. The van der Waals surface area contributed by atoms with Crippen LogP contribution in [0, 0.1) is 13.8 Å². The Hall–Kier alpha value is -3.06. The Labute approximate surface area is 161 Å². The fourth-order valence-electron chi connectivity index (χ4n) is 2.72. The number of hydrogen-bond donors (Lipinski definition) is 0. The van der Waals surface area contributed by atoms with E-state index < -0.39 is 5.97 Å². The number of benzene rings is 1. The van der Waals surface area contributed by atoms with Gasteiger partial charge in [0, 0.05) is 24.7 Å². The minimum atomic E-state index is -0.440. The van der Waals surface area contributed by atoms with Gasteiger partial charge in [0.2, 0.25) is 5.91 Å². The second-order valence-corrected chi connectivity index (χ2v) is 6.86. The van der Waals surface area contributed by atoms with Crippen LogP contribution < -0.4 is 4.90 Å². The van der Waals surface area contributed by atoms with Crippen molar-refractivity contribution in [2.24, 2.45) is 0 Å². The Bertz CT molecular complexity index is 949. The molecule has 1 aromatic carbocycles. The molecule has 0 aliphatic carbocycles. The maximum Gasteiger partial charge on any atom is 0.338 e. The summed E-state index contributed by atoms with van der Waals surface area (Å²) in [5.41, 5.74) is 3.84. The van der Waals surface area contributed by atoms with E-state index in [0.717, 1.165) is 16.8 Å². The van der Waals surface area contributed by atoms with Gasteiger partial charge in [-0.25, -0.2) is 9.78 Å². The first-order chi connectivity index (χ1) is 13.0. The summed E-state index contributed by atoms with van der Waals surface area (Å²) in [4.78, 5) is 34.3. The summed E-state index contributed by atoms with van der Waals surface area (Å²) in [7, 11) is 0. The molecule has 3 rings (SSSR count). The van der Waals surface area contributed by atoms with Crippen LogP contribution in [0.3, 0.4) is 0 Å². The number of rotatable bonds is 5. The minimum Gasteiger partial charge on any atom is -0.456 e. The third-order valence-corrected chi connectivity index (χ3v) is 4.85. The van der Waals surface area contributed by atoms with Crippen LogP contribution in [0.15, 0.2) is 48.1 Å². The Morgan fingerprint density at radius 2 is 1.78 bits per heavy atom.